The summed E-state index contributed by atoms with van der Waals surface area (Å²) in [5, 5.41) is 0. The Balaban J connectivity index is 1.83. The highest BCUT2D eigenvalue weighted by Crippen LogP contribution is 2.26. The fourth-order valence-electron chi connectivity index (χ4n) is 3.08. The fraction of sp³-hybridized carbons (Fsp3) is 0.438. The minimum atomic E-state index is 0.119. The lowest BCUT2D eigenvalue weighted by atomic mass is 9.99. The van der Waals surface area contributed by atoms with E-state index in [4.69, 9.17) is 5.84 Å². The normalized spacial score (nSPS) is 15.3. The fourth-order valence-corrected chi connectivity index (χ4v) is 3.08. The Labute approximate surface area is 120 Å². The number of nitrogens with one attached hydrogen (secondary N) is 1. The molecule has 0 aliphatic heterocycles. The van der Waals surface area contributed by atoms with Crippen molar-refractivity contribution in [3.63, 3.8) is 0 Å². The quantitative estimate of drug-likeness (QED) is 0.646. The number of rotatable bonds is 5. The van der Waals surface area contributed by atoms with Gasteiger partial charge in [-0.1, -0.05) is 18.2 Å². The van der Waals surface area contributed by atoms with E-state index in [9.17, 15) is 0 Å². The smallest absolute Gasteiger partial charge is 0.110 e. The Hall–Kier alpha value is -1.65. The first-order valence-electron chi connectivity index (χ1n) is 7.39. The first-order valence-corrected chi connectivity index (χ1v) is 7.39. The van der Waals surface area contributed by atoms with Crippen molar-refractivity contribution in [3.8, 4) is 0 Å². The zero-order valence-electron chi connectivity index (χ0n) is 12.0. The van der Waals surface area contributed by atoms with Crippen molar-refractivity contribution in [1.29, 1.82) is 0 Å². The Bertz CT molecular complexity index is 588. The van der Waals surface area contributed by atoms with Gasteiger partial charge in [0.05, 0.1) is 6.04 Å². The third-order valence-electron chi connectivity index (χ3n) is 4.26. The largest absolute Gasteiger partial charge is 0.335 e. The molecule has 0 spiro atoms. The van der Waals surface area contributed by atoms with E-state index in [-0.39, 0.29) is 6.04 Å². The number of hydrogen-bond acceptors (Lipinski definition) is 3. The van der Waals surface area contributed by atoms with Crippen LogP contribution in [0, 0.1) is 0 Å². The second-order valence-electron chi connectivity index (χ2n) is 5.43. The number of aromatic nitrogens is 2. The Kier molecular flexibility index (Phi) is 3.85. The van der Waals surface area contributed by atoms with Crippen molar-refractivity contribution >= 4 is 0 Å². The van der Waals surface area contributed by atoms with E-state index in [0.717, 1.165) is 18.8 Å². The summed E-state index contributed by atoms with van der Waals surface area (Å²) in [5.74, 6) is 6.85. The monoisotopic (exact) mass is 270 g/mol. The molecule has 4 heteroatoms. The highest BCUT2D eigenvalue weighted by atomic mass is 15.2. The summed E-state index contributed by atoms with van der Waals surface area (Å²) in [6.07, 6.45) is 8.39. The maximum Gasteiger partial charge on any atom is 0.110 e. The summed E-state index contributed by atoms with van der Waals surface area (Å²) in [5.41, 5.74) is 7.20. The molecule has 0 bridgehead atoms. The van der Waals surface area contributed by atoms with Gasteiger partial charge >= 0.3 is 0 Å². The van der Waals surface area contributed by atoms with Crippen molar-refractivity contribution < 1.29 is 0 Å². The standard InChI is InChI=1S/C16H22N4/c1-2-20-9-8-18-16(20)11-15(19-17)14-7-6-12-4-3-5-13(12)10-14/h6-10,15,19H,2-5,11,17H2,1H3. The molecule has 1 aliphatic carbocycles. The first-order chi connectivity index (χ1) is 9.81. The van der Waals surface area contributed by atoms with Crippen molar-refractivity contribution in [2.24, 2.45) is 5.84 Å². The molecule has 106 valence electrons. The molecule has 1 aromatic heterocycles. The van der Waals surface area contributed by atoms with Crippen LogP contribution in [0.15, 0.2) is 30.6 Å². The molecule has 2 aromatic rings. The predicted molar refractivity (Wildman–Crippen MR) is 80.1 cm³/mol. The second kappa shape index (κ2) is 5.77. The molecule has 0 radical (unpaired) electrons. The van der Waals surface area contributed by atoms with E-state index in [0.29, 0.717) is 0 Å². The van der Waals surface area contributed by atoms with Crippen LogP contribution in [-0.4, -0.2) is 9.55 Å². The number of benzene rings is 1. The minimum Gasteiger partial charge on any atom is -0.335 e. The summed E-state index contributed by atoms with van der Waals surface area (Å²) in [6.45, 7) is 3.07. The van der Waals surface area contributed by atoms with Gasteiger partial charge in [-0.3, -0.25) is 11.3 Å². The maximum atomic E-state index is 5.77. The molecule has 1 atom stereocenters. The third kappa shape index (κ3) is 2.49. The lowest BCUT2D eigenvalue weighted by Gasteiger charge is -2.17. The number of fused-ring (bicyclic) bond motifs is 1. The summed E-state index contributed by atoms with van der Waals surface area (Å²) in [4.78, 5) is 4.44. The second-order valence-corrected chi connectivity index (χ2v) is 5.43. The molecule has 1 heterocycles. The van der Waals surface area contributed by atoms with Crippen LogP contribution in [0.3, 0.4) is 0 Å². The van der Waals surface area contributed by atoms with Gasteiger partial charge in [-0.05, 0) is 42.9 Å². The summed E-state index contributed by atoms with van der Waals surface area (Å²) in [7, 11) is 0. The summed E-state index contributed by atoms with van der Waals surface area (Å²) in [6, 6.07) is 6.89. The van der Waals surface area contributed by atoms with Crippen LogP contribution in [0.5, 0.6) is 0 Å². The predicted octanol–water partition coefficient (Wildman–Crippen LogP) is 2.14. The van der Waals surface area contributed by atoms with Gasteiger partial charge in [0.2, 0.25) is 0 Å². The van der Waals surface area contributed by atoms with Crippen LogP contribution < -0.4 is 11.3 Å². The van der Waals surface area contributed by atoms with Gasteiger partial charge < -0.3 is 4.57 Å². The molecule has 0 amide bonds. The molecule has 3 rings (SSSR count). The number of hydrogen-bond donors (Lipinski definition) is 2. The van der Waals surface area contributed by atoms with Crippen LogP contribution in [0.2, 0.25) is 0 Å². The average Bonchev–Trinajstić information content (AvgIpc) is 3.12. The van der Waals surface area contributed by atoms with Crippen molar-refractivity contribution in [2.75, 3.05) is 0 Å². The van der Waals surface area contributed by atoms with Gasteiger partial charge in [0.1, 0.15) is 5.82 Å². The molecular formula is C16H22N4. The van der Waals surface area contributed by atoms with Crippen LogP contribution >= 0.6 is 0 Å². The highest BCUT2D eigenvalue weighted by Gasteiger charge is 2.17. The van der Waals surface area contributed by atoms with Crippen LogP contribution in [-0.2, 0) is 25.8 Å². The van der Waals surface area contributed by atoms with Gasteiger partial charge in [-0.2, -0.15) is 0 Å². The van der Waals surface area contributed by atoms with Gasteiger partial charge in [0.15, 0.2) is 0 Å². The Morgan fingerprint density at radius 1 is 1.35 bits per heavy atom. The molecule has 0 saturated heterocycles. The number of aryl methyl sites for hydroxylation is 3. The topological polar surface area (TPSA) is 55.9 Å². The van der Waals surface area contributed by atoms with Gasteiger partial charge in [0, 0.05) is 25.4 Å². The van der Waals surface area contributed by atoms with Gasteiger partial charge in [-0.15, -0.1) is 0 Å². The molecule has 20 heavy (non-hydrogen) atoms. The van der Waals surface area contributed by atoms with Crippen molar-refractivity contribution in [2.45, 2.75) is 45.2 Å². The molecule has 4 nitrogen and oxygen atoms in total. The van der Waals surface area contributed by atoms with E-state index in [1.165, 1.54) is 36.0 Å². The van der Waals surface area contributed by atoms with E-state index < -0.39 is 0 Å². The Morgan fingerprint density at radius 3 is 3.00 bits per heavy atom. The highest BCUT2D eigenvalue weighted by molar-refractivity contribution is 5.36. The zero-order chi connectivity index (χ0) is 13.9. The zero-order valence-corrected chi connectivity index (χ0v) is 12.0. The maximum absolute atomic E-state index is 5.77. The molecule has 0 fully saturated rings. The van der Waals surface area contributed by atoms with Crippen molar-refractivity contribution in [1.82, 2.24) is 15.0 Å². The molecule has 1 aromatic carbocycles. The van der Waals surface area contributed by atoms with Crippen LogP contribution in [0.4, 0.5) is 0 Å². The van der Waals surface area contributed by atoms with E-state index in [2.05, 4.69) is 40.1 Å². The molecule has 3 N–H and O–H groups in total. The number of hydrazine groups is 1. The lowest BCUT2D eigenvalue weighted by molar-refractivity contribution is 0.523. The van der Waals surface area contributed by atoms with Crippen LogP contribution in [0.1, 0.15) is 41.9 Å². The summed E-state index contributed by atoms with van der Waals surface area (Å²) >= 11 is 0. The van der Waals surface area contributed by atoms with E-state index >= 15 is 0 Å². The number of nitrogens with two attached hydrogens (primary N) is 1. The molecular weight excluding hydrogens is 248 g/mol. The van der Waals surface area contributed by atoms with Crippen molar-refractivity contribution in [3.05, 3.63) is 53.1 Å². The Morgan fingerprint density at radius 2 is 2.20 bits per heavy atom. The molecule has 1 aliphatic rings. The van der Waals surface area contributed by atoms with E-state index in [1.54, 1.807) is 0 Å². The van der Waals surface area contributed by atoms with Gasteiger partial charge in [0.25, 0.3) is 0 Å². The van der Waals surface area contributed by atoms with Crippen LogP contribution in [0.25, 0.3) is 0 Å². The lowest BCUT2D eigenvalue weighted by Crippen LogP contribution is -2.30. The average molecular weight is 270 g/mol. The van der Waals surface area contributed by atoms with E-state index in [1.807, 2.05) is 12.4 Å². The minimum absolute atomic E-state index is 0.119. The third-order valence-corrected chi connectivity index (χ3v) is 4.26. The number of imidazole rings is 1. The number of nitrogens with zero attached hydrogens (tertiary/aromatic N) is 2. The molecule has 1 unspecified atom stereocenters. The first kappa shape index (κ1) is 13.3. The molecule has 0 saturated carbocycles. The SMILES string of the molecule is CCn1ccnc1CC(NN)c1ccc2c(c1)CCC2. The summed E-state index contributed by atoms with van der Waals surface area (Å²) < 4.78 is 2.16. The van der Waals surface area contributed by atoms with Gasteiger partial charge in [-0.25, -0.2) is 4.98 Å².